The molecule has 1 atom stereocenters. The van der Waals surface area contributed by atoms with Crippen molar-refractivity contribution in [3.8, 4) is 45.3 Å². The first-order valence-electron chi connectivity index (χ1n) is 15.8. The first-order valence-corrected chi connectivity index (χ1v) is 15.8. The van der Waals surface area contributed by atoms with Crippen LogP contribution in [-0.4, -0.2) is 15.0 Å². The van der Waals surface area contributed by atoms with E-state index in [9.17, 15) is 0 Å². The van der Waals surface area contributed by atoms with Gasteiger partial charge in [-0.25, -0.2) is 15.0 Å². The number of rotatable bonds is 5. The molecule has 3 nitrogen and oxygen atoms in total. The van der Waals surface area contributed by atoms with Gasteiger partial charge in [0, 0.05) is 22.1 Å². The van der Waals surface area contributed by atoms with Crippen molar-refractivity contribution in [2.24, 2.45) is 0 Å². The van der Waals surface area contributed by atoms with Gasteiger partial charge >= 0.3 is 0 Å². The van der Waals surface area contributed by atoms with Crippen molar-refractivity contribution in [1.29, 1.82) is 0 Å². The maximum absolute atomic E-state index is 4.99. The highest BCUT2D eigenvalue weighted by Crippen LogP contribution is 2.60. The molecule has 0 amide bonds. The molecule has 1 heterocycles. The minimum Gasteiger partial charge on any atom is -0.208 e. The highest BCUT2D eigenvalue weighted by molar-refractivity contribution is 5.81. The van der Waals surface area contributed by atoms with Crippen LogP contribution in [0, 0.1) is 0 Å². The Balaban J connectivity index is 1.34. The second-order valence-corrected chi connectivity index (χ2v) is 12.4. The molecule has 1 aliphatic rings. The van der Waals surface area contributed by atoms with Crippen molar-refractivity contribution in [2.45, 2.75) is 24.7 Å². The largest absolute Gasteiger partial charge is 0.208 e. The Labute approximate surface area is 270 Å². The lowest BCUT2D eigenvalue weighted by atomic mass is 9.49. The summed E-state index contributed by atoms with van der Waals surface area (Å²) in [6.45, 7) is 4.79. The fourth-order valence-corrected chi connectivity index (χ4v) is 7.54. The Hall–Kier alpha value is -5.67. The van der Waals surface area contributed by atoms with Gasteiger partial charge < -0.3 is 0 Å². The van der Waals surface area contributed by atoms with Gasteiger partial charge in [0.15, 0.2) is 17.5 Å². The molecule has 1 unspecified atom stereocenters. The van der Waals surface area contributed by atoms with E-state index in [2.05, 4.69) is 117 Å². The molecule has 220 valence electrons. The van der Waals surface area contributed by atoms with Crippen LogP contribution in [0.5, 0.6) is 0 Å². The van der Waals surface area contributed by atoms with Crippen molar-refractivity contribution in [3.05, 3.63) is 186 Å². The van der Waals surface area contributed by atoms with Gasteiger partial charge in [0.05, 0.1) is 5.41 Å². The first kappa shape index (κ1) is 27.8. The van der Waals surface area contributed by atoms with Crippen molar-refractivity contribution in [1.82, 2.24) is 15.0 Å². The zero-order valence-corrected chi connectivity index (χ0v) is 25.9. The van der Waals surface area contributed by atoms with Crippen molar-refractivity contribution >= 4 is 0 Å². The standard InChI is InChI=1S/C43H33N3/c1-42(2)37-24-14-12-22-35(37)36-23-13-15-25-38(36)43(42,33-20-10-5-11-21-33)34-28-26-32(27-29-34)41-45-39(30-16-6-3-7-17-30)44-40(46-41)31-18-8-4-9-19-31/h3-29H,1-2H3. The molecule has 0 spiro atoms. The normalized spacial score (nSPS) is 16.3. The molecule has 46 heavy (non-hydrogen) atoms. The molecule has 1 aromatic heterocycles. The molecular formula is C43H33N3. The molecule has 0 fully saturated rings. The molecule has 0 saturated heterocycles. The fraction of sp³-hybridized carbons (Fsp3) is 0.0930. The number of benzene rings is 6. The minimum absolute atomic E-state index is 0.269. The van der Waals surface area contributed by atoms with Crippen LogP contribution < -0.4 is 0 Å². The minimum atomic E-state index is -0.443. The first-order chi connectivity index (χ1) is 22.6. The van der Waals surface area contributed by atoms with Gasteiger partial charge in [-0.15, -0.1) is 0 Å². The van der Waals surface area contributed by atoms with Crippen molar-refractivity contribution in [3.63, 3.8) is 0 Å². The molecule has 3 heteroatoms. The van der Waals surface area contributed by atoms with Crippen LogP contribution in [0.4, 0.5) is 0 Å². The topological polar surface area (TPSA) is 38.7 Å². The molecule has 0 radical (unpaired) electrons. The van der Waals surface area contributed by atoms with Gasteiger partial charge in [-0.1, -0.05) is 178 Å². The summed E-state index contributed by atoms with van der Waals surface area (Å²) in [6, 6.07) is 58.0. The molecule has 0 bridgehead atoms. The summed E-state index contributed by atoms with van der Waals surface area (Å²) in [5, 5.41) is 0. The molecular weight excluding hydrogens is 558 g/mol. The van der Waals surface area contributed by atoms with E-state index in [0.29, 0.717) is 17.5 Å². The number of hydrogen-bond acceptors (Lipinski definition) is 3. The third-order valence-corrected chi connectivity index (χ3v) is 9.64. The Morgan fingerprint density at radius 1 is 0.348 bits per heavy atom. The van der Waals surface area contributed by atoms with E-state index < -0.39 is 5.41 Å². The quantitative estimate of drug-likeness (QED) is 0.200. The predicted molar refractivity (Wildman–Crippen MR) is 187 cm³/mol. The molecule has 0 aliphatic heterocycles. The maximum Gasteiger partial charge on any atom is 0.164 e. The van der Waals surface area contributed by atoms with Crippen LogP contribution >= 0.6 is 0 Å². The van der Waals surface area contributed by atoms with Gasteiger partial charge in [0.25, 0.3) is 0 Å². The van der Waals surface area contributed by atoms with E-state index in [-0.39, 0.29) is 5.41 Å². The van der Waals surface area contributed by atoms with E-state index in [1.54, 1.807) is 0 Å². The summed E-state index contributed by atoms with van der Waals surface area (Å²) < 4.78 is 0. The number of aromatic nitrogens is 3. The summed E-state index contributed by atoms with van der Waals surface area (Å²) in [6.07, 6.45) is 0. The average molecular weight is 592 g/mol. The SMILES string of the molecule is CC1(C)c2ccccc2-c2ccccc2C1(c1ccccc1)c1ccc(-c2nc(-c3ccccc3)nc(-c3ccccc3)n2)cc1. The Morgan fingerprint density at radius 2 is 0.717 bits per heavy atom. The Morgan fingerprint density at radius 3 is 1.24 bits per heavy atom. The van der Waals surface area contributed by atoms with Crippen LogP contribution in [0.15, 0.2) is 164 Å². The predicted octanol–water partition coefficient (Wildman–Crippen LogP) is 10.2. The smallest absolute Gasteiger partial charge is 0.164 e. The van der Waals surface area contributed by atoms with Gasteiger partial charge in [-0.05, 0) is 33.4 Å². The monoisotopic (exact) mass is 591 g/mol. The van der Waals surface area contributed by atoms with Crippen molar-refractivity contribution < 1.29 is 0 Å². The number of fused-ring (bicyclic) bond motifs is 3. The van der Waals surface area contributed by atoms with Crippen LogP contribution in [0.3, 0.4) is 0 Å². The number of nitrogens with zero attached hydrogens (tertiary/aromatic N) is 3. The van der Waals surface area contributed by atoms with Crippen LogP contribution in [-0.2, 0) is 10.8 Å². The van der Waals surface area contributed by atoms with E-state index >= 15 is 0 Å². The Bertz CT molecular complexity index is 2100. The highest BCUT2D eigenvalue weighted by atomic mass is 15.0. The molecule has 0 N–H and O–H groups in total. The van der Waals surface area contributed by atoms with E-state index in [0.717, 1.165) is 16.7 Å². The summed E-state index contributed by atoms with van der Waals surface area (Å²) in [4.78, 5) is 14.9. The third-order valence-electron chi connectivity index (χ3n) is 9.64. The van der Waals surface area contributed by atoms with Gasteiger partial charge in [0.1, 0.15) is 0 Å². The highest BCUT2D eigenvalue weighted by Gasteiger charge is 2.54. The third kappa shape index (κ3) is 4.31. The van der Waals surface area contributed by atoms with Crippen molar-refractivity contribution in [2.75, 3.05) is 0 Å². The van der Waals surface area contributed by atoms with Crippen LogP contribution in [0.25, 0.3) is 45.3 Å². The second-order valence-electron chi connectivity index (χ2n) is 12.4. The molecule has 0 saturated carbocycles. The lowest BCUT2D eigenvalue weighted by molar-refractivity contribution is 0.353. The maximum atomic E-state index is 4.99. The molecule has 1 aliphatic carbocycles. The van der Waals surface area contributed by atoms with Crippen LogP contribution in [0.2, 0.25) is 0 Å². The summed E-state index contributed by atoms with van der Waals surface area (Å²) in [5.41, 5.74) is 9.91. The fourth-order valence-electron chi connectivity index (χ4n) is 7.54. The second kappa shape index (κ2) is 11.0. The lowest BCUT2D eigenvalue weighted by Crippen LogP contribution is -2.49. The van der Waals surface area contributed by atoms with E-state index in [1.807, 2.05) is 60.7 Å². The summed E-state index contributed by atoms with van der Waals surface area (Å²) in [5.74, 6) is 1.98. The van der Waals surface area contributed by atoms with Gasteiger partial charge in [-0.3, -0.25) is 0 Å². The lowest BCUT2D eigenvalue weighted by Gasteiger charge is -2.53. The molecule has 8 rings (SSSR count). The summed E-state index contributed by atoms with van der Waals surface area (Å²) in [7, 11) is 0. The molecule has 6 aromatic carbocycles. The van der Waals surface area contributed by atoms with Crippen LogP contribution in [0.1, 0.15) is 36.1 Å². The Kier molecular flexibility index (Phi) is 6.69. The van der Waals surface area contributed by atoms with E-state index in [4.69, 9.17) is 15.0 Å². The average Bonchev–Trinajstić information content (AvgIpc) is 3.13. The van der Waals surface area contributed by atoms with Gasteiger partial charge in [-0.2, -0.15) is 0 Å². The van der Waals surface area contributed by atoms with E-state index in [1.165, 1.54) is 33.4 Å². The number of hydrogen-bond donors (Lipinski definition) is 0. The summed E-state index contributed by atoms with van der Waals surface area (Å²) >= 11 is 0. The van der Waals surface area contributed by atoms with Gasteiger partial charge in [0.2, 0.25) is 0 Å². The molecule has 7 aromatic rings. The zero-order chi connectivity index (χ0) is 31.1. The zero-order valence-electron chi connectivity index (χ0n) is 25.9.